The summed E-state index contributed by atoms with van der Waals surface area (Å²) in [7, 11) is 0. The predicted octanol–water partition coefficient (Wildman–Crippen LogP) is 1.91. The first-order chi connectivity index (χ1) is 8.74. The number of imidazole rings is 1. The number of fused-ring (bicyclic) bond motifs is 1. The molecule has 0 aliphatic heterocycles. The van der Waals surface area contributed by atoms with Gasteiger partial charge >= 0.3 is 0 Å². The summed E-state index contributed by atoms with van der Waals surface area (Å²) in [6, 6.07) is 0. The standard InChI is InChI=1S/C10H9ClN6O/c1-5-6(3-15-18-5)2-12-8-7-9(14-4-13-7)17-10(11)16-8/h3-4H,2H2,1H3,(H2,12,13,14,16,17). The Labute approximate surface area is 107 Å². The zero-order chi connectivity index (χ0) is 12.5. The number of H-pyrrole nitrogens is 1. The van der Waals surface area contributed by atoms with Gasteiger partial charge in [0.05, 0.1) is 12.5 Å². The van der Waals surface area contributed by atoms with Gasteiger partial charge in [-0.2, -0.15) is 9.97 Å². The topological polar surface area (TPSA) is 92.5 Å². The molecule has 92 valence electrons. The molecule has 0 saturated carbocycles. The first kappa shape index (κ1) is 11.0. The third-order valence-electron chi connectivity index (χ3n) is 2.56. The van der Waals surface area contributed by atoms with Crippen molar-refractivity contribution in [1.29, 1.82) is 0 Å². The molecular formula is C10H9ClN6O. The molecular weight excluding hydrogens is 256 g/mol. The molecule has 0 atom stereocenters. The van der Waals surface area contributed by atoms with Gasteiger partial charge < -0.3 is 14.8 Å². The van der Waals surface area contributed by atoms with E-state index in [1.54, 1.807) is 12.5 Å². The summed E-state index contributed by atoms with van der Waals surface area (Å²) in [6.07, 6.45) is 3.21. The molecule has 3 rings (SSSR count). The number of nitrogens with zero attached hydrogens (tertiary/aromatic N) is 4. The van der Waals surface area contributed by atoms with E-state index in [2.05, 4.69) is 30.4 Å². The van der Waals surface area contributed by atoms with Crippen LogP contribution in [0.3, 0.4) is 0 Å². The van der Waals surface area contributed by atoms with Crippen LogP contribution in [0, 0.1) is 6.92 Å². The molecule has 0 radical (unpaired) electrons. The van der Waals surface area contributed by atoms with Crippen molar-refractivity contribution < 1.29 is 4.52 Å². The second-order valence-electron chi connectivity index (χ2n) is 3.70. The van der Waals surface area contributed by atoms with Crippen molar-refractivity contribution in [1.82, 2.24) is 25.1 Å². The lowest BCUT2D eigenvalue weighted by Gasteiger charge is -2.05. The Balaban J connectivity index is 1.90. The van der Waals surface area contributed by atoms with Gasteiger partial charge in [0, 0.05) is 12.1 Å². The molecule has 0 unspecified atom stereocenters. The van der Waals surface area contributed by atoms with E-state index in [1.165, 1.54) is 0 Å². The van der Waals surface area contributed by atoms with Crippen LogP contribution in [0.15, 0.2) is 17.0 Å². The van der Waals surface area contributed by atoms with Gasteiger partial charge in [-0.3, -0.25) is 0 Å². The van der Waals surface area contributed by atoms with Gasteiger partial charge in [-0.05, 0) is 18.5 Å². The van der Waals surface area contributed by atoms with Crippen LogP contribution in [-0.2, 0) is 6.54 Å². The average Bonchev–Trinajstić information content (AvgIpc) is 2.94. The van der Waals surface area contributed by atoms with Crippen LogP contribution in [0.25, 0.3) is 11.2 Å². The molecule has 7 nitrogen and oxygen atoms in total. The lowest BCUT2D eigenvalue weighted by atomic mass is 10.3. The maximum Gasteiger partial charge on any atom is 0.226 e. The maximum absolute atomic E-state index is 5.83. The number of nitrogens with one attached hydrogen (secondary N) is 2. The van der Waals surface area contributed by atoms with Crippen LogP contribution >= 0.6 is 11.6 Å². The third kappa shape index (κ3) is 1.88. The van der Waals surface area contributed by atoms with Gasteiger partial charge in [-0.15, -0.1) is 0 Å². The maximum atomic E-state index is 5.83. The molecule has 0 aliphatic rings. The average molecular weight is 265 g/mol. The minimum atomic E-state index is 0.152. The molecule has 0 amide bonds. The van der Waals surface area contributed by atoms with Gasteiger partial charge in [0.1, 0.15) is 11.3 Å². The fourth-order valence-corrected chi connectivity index (χ4v) is 1.77. The predicted molar refractivity (Wildman–Crippen MR) is 65.3 cm³/mol. The number of hydrogen-bond acceptors (Lipinski definition) is 6. The van der Waals surface area contributed by atoms with Crippen molar-refractivity contribution in [2.75, 3.05) is 5.32 Å². The minimum Gasteiger partial charge on any atom is -0.364 e. The van der Waals surface area contributed by atoms with Crippen LogP contribution in [0.5, 0.6) is 0 Å². The highest BCUT2D eigenvalue weighted by Crippen LogP contribution is 2.19. The smallest absolute Gasteiger partial charge is 0.226 e. The summed E-state index contributed by atoms with van der Waals surface area (Å²) in [4.78, 5) is 15.1. The summed E-state index contributed by atoms with van der Waals surface area (Å²) in [6.45, 7) is 2.39. The summed E-state index contributed by atoms with van der Waals surface area (Å²) in [5, 5.41) is 7.01. The van der Waals surface area contributed by atoms with E-state index < -0.39 is 0 Å². The minimum absolute atomic E-state index is 0.152. The number of anilines is 1. The molecule has 3 aromatic heterocycles. The van der Waals surface area contributed by atoms with Gasteiger partial charge in [-0.1, -0.05) is 5.16 Å². The number of hydrogen-bond donors (Lipinski definition) is 2. The first-order valence-electron chi connectivity index (χ1n) is 5.24. The highest BCUT2D eigenvalue weighted by Gasteiger charge is 2.10. The number of aromatic amines is 1. The van der Waals surface area contributed by atoms with Gasteiger partial charge in [-0.25, -0.2) is 4.98 Å². The van der Waals surface area contributed by atoms with E-state index in [4.69, 9.17) is 16.1 Å². The molecule has 2 N–H and O–H groups in total. The van der Waals surface area contributed by atoms with Crippen LogP contribution in [-0.4, -0.2) is 25.1 Å². The fourth-order valence-electron chi connectivity index (χ4n) is 1.60. The molecule has 0 saturated heterocycles. The lowest BCUT2D eigenvalue weighted by molar-refractivity contribution is 0.396. The van der Waals surface area contributed by atoms with Crippen molar-refractivity contribution in [2.24, 2.45) is 0 Å². The molecule has 8 heteroatoms. The van der Waals surface area contributed by atoms with Gasteiger partial charge in [0.25, 0.3) is 0 Å². The Morgan fingerprint density at radius 1 is 1.44 bits per heavy atom. The van der Waals surface area contributed by atoms with E-state index >= 15 is 0 Å². The van der Waals surface area contributed by atoms with Crippen LogP contribution in [0.4, 0.5) is 5.82 Å². The van der Waals surface area contributed by atoms with E-state index in [-0.39, 0.29) is 5.28 Å². The highest BCUT2D eigenvalue weighted by atomic mass is 35.5. The molecule has 3 heterocycles. The summed E-state index contributed by atoms with van der Waals surface area (Å²) in [5.41, 5.74) is 2.20. The van der Waals surface area contributed by atoms with Gasteiger partial charge in [0.15, 0.2) is 11.5 Å². The van der Waals surface area contributed by atoms with E-state index in [0.717, 1.165) is 11.3 Å². The monoisotopic (exact) mass is 264 g/mol. The van der Waals surface area contributed by atoms with E-state index in [0.29, 0.717) is 23.5 Å². The Morgan fingerprint density at radius 3 is 3.11 bits per heavy atom. The molecule has 0 spiro atoms. The van der Waals surface area contributed by atoms with Crippen molar-refractivity contribution in [3.63, 3.8) is 0 Å². The van der Waals surface area contributed by atoms with Crippen molar-refractivity contribution in [3.8, 4) is 0 Å². The number of halogens is 1. The van der Waals surface area contributed by atoms with Gasteiger partial charge in [0.2, 0.25) is 5.28 Å². The number of aromatic nitrogens is 5. The normalized spacial score (nSPS) is 11.0. The highest BCUT2D eigenvalue weighted by molar-refractivity contribution is 6.28. The number of rotatable bonds is 3. The SMILES string of the molecule is Cc1oncc1CNc1nc(Cl)nc2nc[nH]c12. The summed E-state index contributed by atoms with van der Waals surface area (Å²) in [5.74, 6) is 1.37. The Hall–Kier alpha value is -2.15. The van der Waals surface area contributed by atoms with E-state index in [1.807, 2.05) is 6.92 Å². The van der Waals surface area contributed by atoms with Crippen molar-refractivity contribution >= 4 is 28.6 Å². The molecule has 3 aromatic rings. The first-order valence-corrected chi connectivity index (χ1v) is 5.62. The molecule has 0 aliphatic carbocycles. The second-order valence-corrected chi connectivity index (χ2v) is 4.04. The summed E-state index contributed by atoms with van der Waals surface area (Å²) >= 11 is 5.83. The van der Waals surface area contributed by atoms with Crippen LogP contribution in [0.1, 0.15) is 11.3 Å². The Bertz CT molecular complexity index is 691. The van der Waals surface area contributed by atoms with E-state index in [9.17, 15) is 0 Å². The molecule has 0 aromatic carbocycles. The Morgan fingerprint density at radius 2 is 2.33 bits per heavy atom. The molecule has 18 heavy (non-hydrogen) atoms. The molecule has 0 bridgehead atoms. The second kappa shape index (κ2) is 4.26. The summed E-state index contributed by atoms with van der Waals surface area (Å²) < 4.78 is 4.98. The third-order valence-corrected chi connectivity index (χ3v) is 2.72. The largest absolute Gasteiger partial charge is 0.364 e. The molecule has 0 fully saturated rings. The van der Waals surface area contributed by atoms with Crippen molar-refractivity contribution in [3.05, 3.63) is 29.1 Å². The fraction of sp³-hybridized carbons (Fsp3) is 0.200. The van der Waals surface area contributed by atoms with Crippen LogP contribution in [0.2, 0.25) is 5.28 Å². The lowest BCUT2D eigenvalue weighted by Crippen LogP contribution is -2.03. The van der Waals surface area contributed by atoms with Crippen LogP contribution < -0.4 is 5.32 Å². The Kier molecular flexibility index (Phi) is 2.60. The quantitative estimate of drug-likeness (QED) is 0.702. The number of aryl methyl sites for hydroxylation is 1. The zero-order valence-electron chi connectivity index (χ0n) is 9.44. The zero-order valence-corrected chi connectivity index (χ0v) is 10.2. The van der Waals surface area contributed by atoms with Crippen molar-refractivity contribution in [2.45, 2.75) is 13.5 Å².